The molecule has 0 radical (unpaired) electrons. The van der Waals surface area contributed by atoms with E-state index in [-0.39, 0.29) is 24.3 Å². The Morgan fingerprint density at radius 2 is 2.07 bits per heavy atom. The molecule has 150 valence electrons. The zero-order valence-electron chi connectivity index (χ0n) is 16.0. The maximum absolute atomic E-state index is 13.1. The summed E-state index contributed by atoms with van der Waals surface area (Å²) >= 11 is 0. The van der Waals surface area contributed by atoms with Gasteiger partial charge in [0, 0.05) is 0 Å². The van der Waals surface area contributed by atoms with E-state index in [9.17, 15) is 13.2 Å². The van der Waals surface area contributed by atoms with Gasteiger partial charge in [-0.1, -0.05) is 17.7 Å². The number of nitrogens with zero attached hydrogens (tertiary/aromatic N) is 4. The van der Waals surface area contributed by atoms with Crippen LogP contribution in [0.5, 0.6) is 0 Å². The average molecular weight is 405 g/mol. The summed E-state index contributed by atoms with van der Waals surface area (Å²) in [5.74, 6) is 6.01. The number of hydrogen-bond acceptors (Lipinski definition) is 7. The average Bonchev–Trinajstić information content (AvgIpc) is 2.66. The summed E-state index contributed by atoms with van der Waals surface area (Å²) in [4.78, 5) is 20.8. The minimum atomic E-state index is -3.73. The number of allylic oxidation sites excluding steroid dienone is 4. The fraction of sp³-hybridized carbons (Fsp3) is 0.389. The summed E-state index contributed by atoms with van der Waals surface area (Å²) in [6, 6.07) is 0. The van der Waals surface area contributed by atoms with Crippen LogP contribution in [0.1, 0.15) is 39.3 Å². The molecular formula is C18H23N5O4S. The molecule has 0 atom stereocenters. The van der Waals surface area contributed by atoms with E-state index in [1.807, 2.05) is 13.0 Å². The molecule has 1 aromatic heterocycles. The summed E-state index contributed by atoms with van der Waals surface area (Å²) in [5, 5.41) is 0.742. The van der Waals surface area contributed by atoms with Gasteiger partial charge in [-0.15, -0.1) is 0 Å². The first-order valence-corrected chi connectivity index (χ1v) is 10.3. The molecule has 0 bridgehead atoms. The largest absolute Gasteiger partial charge is 0.445 e. The Labute approximate surface area is 164 Å². The van der Waals surface area contributed by atoms with Crippen LogP contribution in [0.25, 0.3) is 6.08 Å². The number of hydrogen-bond donors (Lipinski definition) is 1. The quantitative estimate of drug-likeness (QED) is 0.464. The molecule has 1 amide bonds. The number of hydrazine groups is 1. The van der Waals surface area contributed by atoms with Crippen molar-refractivity contribution in [1.82, 2.24) is 9.97 Å². The third-order valence-corrected chi connectivity index (χ3v) is 6.18. The minimum absolute atomic E-state index is 0.0590. The van der Waals surface area contributed by atoms with Gasteiger partial charge < -0.3 is 4.74 Å². The number of amides is 1. The van der Waals surface area contributed by atoms with Crippen molar-refractivity contribution in [3.05, 3.63) is 40.6 Å². The number of carbonyl (C=O) groups excluding carboxylic acids is 1. The van der Waals surface area contributed by atoms with E-state index in [1.54, 1.807) is 32.1 Å². The van der Waals surface area contributed by atoms with Crippen LogP contribution in [-0.2, 0) is 14.8 Å². The minimum Gasteiger partial charge on any atom is -0.445 e. The molecule has 28 heavy (non-hydrogen) atoms. The molecular weight excluding hydrogens is 382 g/mol. The number of nitrogens with two attached hydrogens (primary N) is 1. The van der Waals surface area contributed by atoms with Crippen molar-refractivity contribution in [2.24, 2.45) is 5.84 Å². The molecule has 1 aliphatic heterocycles. The van der Waals surface area contributed by atoms with E-state index < -0.39 is 16.1 Å². The summed E-state index contributed by atoms with van der Waals surface area (Å²) < 4.78 is 32.4. The van der Waals surface area contributed by atoms with Gasteiger partial charge in [0.2, 0.25) is 0 Å². The van der Waals surface area contributed by atoms with Crippen molar-refractivity contribution in [2.45, 2.75) is 39.7 Å². The normalized spacial score (nSPS) is 16.4. The van der Waals surface area contributed by atoms with Crippen molar-refractivity contribution >= 4 is 33.8 Å². The van der Waals surface area contributed by atoms with Crippen molar-refractivity contribution in [3.63, 3.8) is 0 Å². The summed E-state index contributed by atoms with van der Waals surface area (Å²) in [5.41, 5.74) is 1.45. The third kappa shape index (κ3) is 3.92. The van der Waals surface area contributed by atoms with E-state index in [0.717, 1.165) is 10.6 Å². The van der Waals surface area contributed by atoms with Crippen LogP contribution in [0.3, 0.4) is 0 Å². The Balaban J connectivity index is 1.91. The first-order valence-electron chi connectivity index (χ1n) is 8.88. The maximum Gasteiger partial charge on any atom is 0.430 e. The predicted molar refractivity (Wildman–Crippen MR) is 107 cm³/mol. The zero-order chi connectivity index (χ0) is 20.5. The highest BCUT2D eigenvalue weighted by atomic mass is 32.2. The van der Waals surface area contributed by atoms with Gasteiger partial charge in [-0.2, -0.15) is 5.01 Å². The lowest BCUT2D eigenvalue weighted by Crippen LogP contribution is -2.40. The Bertz CT molecular complexity index is 982. The molecule has 0 fully saturated rings. The van der Waals surface area contributed by atoms with Crippen molar-refractivity contribution < 1.29 is 17.9 Å². The van der Waals surface area contributed by atoms with Gasteiger partial charge in [0.1, 0.15) is 5.69 Å². The monoisotopic (exact) mass is 405 g/mol. The topological polar surface area (TPSA) is 119 Å². The maximum atomic E-state index is 13.1. The van der Waals surface area contributed by atoms with E-state index in [4.69, 9.17) is 10.6 Å². The predicted octanol–water partition coefficient (Wildman–Crippen LogP) is 2.49. The second kappa shape index (κ2) is 7.72. The zero-order valence-corrected chi connectivity index (χ0v) is 16.8. The number of rotatable bonds is 4. The summed E-state index contributed by atoms with van der Waals surface area (Å²) in [6.07, 6.45) is 8.07. The number of aromatic nitrogens is 2. The Morgan fingerprint density at radius 3 is 2.71 bits per heavy atom. The highest BCUT2D eigenvalue weighted by Crippen LogP contribution is 2.32. The Kier molecular flexibility index (Phi) is 5.52. The van der Waals surface area contributed by atoms with E-state index in [2.05, 4.69) is 9.97 Å². The summed E-state index contributed by atoms with van der Waals surface area (Å²) in [7, 11) is -3.73. The van der Waals surface area contributed by atoms with Crippen LogP contribution in [0, 0.1) is 0 Å². The number of carbonyl (C=O) groups is 1. The number of ether oxygens (including phenoxy) is 1. The molecule has 2 N–H and O–H groups in total. The third-order valence-electron chi connectivity index (χ3n) is 4.27. The van der Waals surface area contributed by atoms with Crippen LogP contribution < -0.4 is 15.2 Å². The second-order valence-corrected chi connectivity index (χ2v) is 8.74. The van der Waals surface area contributed by atoms with Gasteiger partial charge in [-0.25, -0.2) is 33.3 Å². The first-order chi connectivity index (χ1) is 13.2. The molecule has 3 rings (SSSR count). The standard InChI is InChI=1S/C18H23N5O4S/c1-12(2)27-18(24)23(19)16-11-20-17-15(21-16)5-4-10-22(17)28(25,26)14-8-6-13(3)7-9-14/h4-6,8,11-12H,7,9-10,19H2,1-3H3. The van der Waals surface area contributed by atoms with Crippen LogP contribution in [0.4, 0.5) is 16.4 Å². The molecule has 1 aromatic rings. The van der Waals surface area contributed by atoms with Crippen molar-refractivity contribution in [1.29, 1.82) is 0 Å². The highest BCUT2D eigenvalue weighted by Gasteiger charge is 2.32. The molecule has 0 spiro atoms. The fourth-order valence-corrected chi connectivity index (χ4v) is 4.33. The Hall–Kier alpha value is -2.72. The molecule has 2 heterocycles. The van der Waals surface area contributed by atoms with Crippen LogP contribution in [-0.4, -0.2) is 37.1 Å². The van der Waals surface area contributed by atoms with Crippen LogP contribution >= 0.6 is 0 Å². The lowest BCUT2D eigenvalue weighted by molar-refractivity contribution is 0.122. The second-order valence-electron chi connectivity index (χ2n) is 6.82. The number of anilines is 2. The van der Waals surface area contributed by atoms with Crippen LogP contribution in [0.2, 0.25) is 0 Å². The molecule has 10 heteroatoms. The fourth-order valence-electron chi connectivity index (χ4n) is 2.80. The van der Waals surface area contributed by atoms with Gasteiger partial charge in [0.05, 0.1) is 23.8 Å². The van der Waals surface area contributed by atoms with E-state index in [0.29, 0.717) is 23.4 Å². The SMILES string of the molecule is CC1=CC=C(S(=O)(=O)N2CC=Cc3nc(N(N)C(=O)OC(C)C)cnc32)CC1. The summed E-state index contributed by atoms with van der Waals surface area (Å²) in [6.45, 7) is 5.53. The smallest absolute Gasteiger partial charge is 0.430 e. The Morgan fingerprint density at radius 1 is 1.32 bits per heavy atom. The number of sulfonamides is 1. The molecule has 0 saturated heterocycles. The lowest BCUT2D eigenvalue weighted by atomic mass is 10.1. The van der Waals surface area contributed by atoms with Gasteiger partial charge in [0.15, 0.2) is 11.6 Å². The molecule has 1 aliphatic carbocycles. The van der Waals surface area contributed by atoms with Gasteiger partial charge in [0.25, 0.3) is 10.0 Å². The highest BCUT2D eigenvalue weighted by molar-refractivity contribution is 7.96. The van der Waals surface area contributed by atoms with Crippen molar-refractivity contribution in [3.8, 4) is 0 Å². The van der Waals surface area contributed by atoms with Gasteiger partial charge in [-0.3, -0.25) is 0 Å². The van der Waals surface area contributed by atoms with E-state index in [1.165, 1.54) is 10.5 Å². The lowest BCUT2D eigenvalue weighted by Gasteiger charge is -2.28. The van der Waals surface area contributed by atoms with Gasteiger partial charge in [-0.05, 0) is 45.8 Å². The molecule has 0 unspecified atom stereocenters. The van der Waals surface area contributed by atoms with E-state index >= 15 is 0 Å². The van der Waals surface area contributed by atoms with Crippen molar-refractivity contribution in [2.75, 3.05) is 15.9 Å². The molecule has 0 saturated carbocycles. The first kappa shape index (κ1) is 20.0. The number of fused-ring (bicyclic) bond motifs is 1. The van der Waals surface area contributed by atoms with Crippen LogP contribution in [0.15, 0.2) is 34.9 Å². The van der Waals surface area contributed by atoms with Gasteiger partial charge >= 0.3 is 6.09 Å². The molecule has 0 aromatic carbocycles. The molecule has 9 nitrogen and oxygen atoms in total. The molecule has 2 aliphatic rings.